The molecule has 0 bridgehead atoms. The molecule has 0 radical (unpaired) electrons. The van der Waals surface area contributed by atoms with E-state index in [9.17, 15) is 4.79 Å². The van der Waals surface area contributed by atoms with Gasteiger partial charge in [-0.25, -0.2) is 0 Å². The third-order valence-corrected chi connectivity index (χ3v) is 3.69. The summed E-state index contributed by atoms with van der Waals surface area (Å²) < 4.78 is 5.53. The summed E-state index contributed by atoms with van der Waals surface area (Å²) in [7, 11) is 0. The largest absolute Gasteiger partial charge is 0.479 e. The molecule has 1 aromatic rings. The molecule has 2 atom stereocenters. The molecule has 0 spiro atoms. The van der Waals surface area contributed by atoms with Crippen molar-refractivity contribution in [3.8, 4) is 5.75 Å². The van der Waals surface area contributed by atoms with Crippen LogP contribution in [0.15, 0.2) is 18.2 Å². The third kappa shape index (κ3) is 4.54. The Kier molecular flexibility index (Phi) is 5.68. The topological polar surface area (TPSA) is 64.3 Å². The van der Waals surface area contributed by atoms with Crippen LogP contribution in [0.2, 0.25) is 10.0 Å². The van der Waals surface area contributed by atoms with Gasteiger partial charge in [0.25, 0.3) is 5.91 Å². The van der Waals surface area contributed by atoms with Gasteiger partial charge in [0.2, 0.25) is 0 Å². The zero-order valence-corrected chi connectivity index (χ0v) is 13.5. The molecule has 112 valence electrons. The van der Waals surface area contributed by atoms with E-state index in [1.807, 2.05) is 13.8 Å². The SMILES string of the molecule is CC(Oc1ccc(Cl)cc1Cl)C(=O)NC(C)(N)C(C)C. The second-order valence-electron chi connectivity index (χ2n) is 5.26. The highest BCUT2D eigenvalue weighted by Gasteiger charge is 2.28. The number of benzene rings is 1. The van der Waals surface area contributed by atoms with Crippen LogP contribution in [-0.4, -0.2) is 17.7 Å². The first-order valence-corrected chi connectivity index (χ1v) is 7.11. The number of nitrogens with one attached hydrogen (secondary N) is 1. The van der Waals surface area contributed by atoms with Crippen molar-refractivity contribution in [2.24, 2.45) is 11.7 Å². The van der Waals surface area contributed by atoms with Crippen LogP contribution in [0.5, 0.6) is 5.75 Å². The summed E-state index contributed by atoms with van der Waals surface area (Å²) in [5, 5.41) is 3.62. The van der Waals surface area contributed by atoms with E-state index >= 15 is 0 Å². The number of hydrogen-bond donors (Lipinski definition) is 2. The molecule has 0 aliphatic carbocycles. The van der Waals surface area contributed by atoms with E-state index in [0.29, 0.717) is 15.8 Å². The lowest BCUT2D eigenvalue weighted by molar-refractivity contribution is -0.129. The van der Waals surface area contributed by atoms with Crippen LogP contribution in [-0.2, 0) is 4.79 Å². The molecule has 3 N–H and O–H groups in total. The van der Waals surface area contributed by atoms with Gasteiger partial charge in [-0.2, -0.15) is 0 Å². The highest BCUT2D eigenvalue weighted by molar-refractivity contribution is 6.35. The van der Waals surface area contributed by atoms with Crippen molar-refractivity contribution in [1.82, 2.24) is 5.32 Å². The average molecular weight is 319 g/mol. The second-order valence-corrected chi connectivity index (χ2v) is 6.11. The summed E-state index contributed by atoms with van der Waals surface area (Å²) in [4.78, 5) is 12.1. The highest BCUT2D eigenvalue weighted by atomic mass is 35.5. The minimum Gasteiger partial charge on any atom is -0.479 e. The number of hydrogen-bond acceptors (Lipinski definition) is 3. The van der Waals surface area contributed by atoms with Gasteiger partial charge in [-0.05, 0) is 38.0 Å². The Bertz CT molecular complexity index is 490. The Labute approximate surface area is 129 Å². The lowest BCUT2D eigenvalue weighted by atomic mass is 9.99. The molecule has 0 heterocycles. The first kappa shape index (κ1) is 17.1. The quantitative estimate of drug-likeness (QED) is 0.819. The van der Waals surface area contributed by atoms with Crippen LogP contribution >= 0.6 is 23.2 Å². The number of rotatable bonds is 5. The second kappa shape index (κ2) is 6.66. The molecule has 0 aliphatic heterocycles. The Morgan fingerprint density at radius 3 is 2.45 bits per heavy atom. The molecule has 1 amide bonds. The van der Waals surface area contributed by atoms with Crippen molar-refractivity contribution < 1.29 is 9.53 Å². The van der Waals surface area contributed by atoms with Crippen molar-refractivity contribution in [3.05, 3.63) is 28.2 Å². The molecule has 0 aromatic heterocycles. The van der Waals surface area contributed by atoms with Gasteiger partial charge < -0.3 is 15.8 Å². The van der Waals surface area contributed by atoms with Crippen LogP contribution in [0.25, 0.3) is 0 Å². The molecular formula is C14H20Cl2N2O2. The summed E-state index contributed by atoms with van der Waals surface area (Å²) in [6.45, 7) is 7.26. The fourth-order valence-corrected chi connectivity index (χ4v) is 1.78. The predicted molar refractivity (Wildman–Crippen MR) is 82.1 cm³/mol. The molecular weight excluding hydrogens is 299 g/mol. The molecule has 4 nitrogen and oxygen atoms in total. The van der Waals surface area contributed by atoms with E-state index < -0.39 is 11.8 Å². The van der Waals surface area contributed by atoms with E-state index in [2.05, 4.69) is 5.32 Å². The van der Waals surface area contributed by atoms with Crippen molar-refractivity contribution >= 4 is 29.1 Å². The zero-order valence-electron chi connectivity index (χ0n) is 12.0. The van der Waals surface area contributed by atoms with Gasteiger partial charge in [-0.1, -0.05) is 37.0 Å². The van der Waals surface area contributed by atoms with Crippen molar-refractivity contribution in [3.63, 3.8) is 0 Å². The summed E-state index contributed by atoms with van der Waals surface area (Å²) in [6.07, 6.45) is -0.713. The van der Waals surface area contributed by atoms with Crippen LogP contribution < -0.4 is 15.8 Å². The molecule has 0 saturated carbocycles. The fourth-order valence-electron chi connectivity index (χ4n) is 1.33. The number of carbonyl (C=O) groups excluding carboxylic acids is 1. The summed E-state index contributed by atoms with van der Waals surface area (Å²) in [6, 6.07) is 4.83. The molecule has 20 heavy (non-hydrogen) atoms. The van der Waals surface area contributed by atoms with Gasteiger partial charge in [0.15, 0.2) is 6.10 Å². The van der Waals surface area contributed by atoms with E-state index in [4.69, 9.17) is 33.7 Å². The van der Waals surface area contributed by atoms with Gasteiger partial charge in [0, 0.05) is 5.02 Å². The smallest absolute Gasteiger partial charge is 0.262 e. The lowest BCUT2D eigenvalue weighted by Crippen LogP contribution is -2.59. The van der Waals surface area contributed by atoms with Crippen LogP contribution in [0.1, 0.15) is 27.7 Å². The predicted octanol–water partition coefficient (Wildman–Crippen LogP) is 3.21. The number of ether oxygens (including phenoxy) is 1. The minimum atomic E-state index is -0.793. The monoisotopic (exact) mass is 318 g/mol. The molecule has 0 saturated heterocycles. The number of halogens is 2. The number of amides is 1. The summed E-state index contributed by atoms with van der Waals surface area (Å²) >= 11 is 11.8. The Morgan fingerprint density at radius 1 is 1.35 bits per heavy atom. The van der Waals surface area contributed by atoms with E-state index in [-0.39, 0.29) is 11.8 Å². The fraction of sp³-hybridized carbons (Fsp3) is 0.500. The molecule has 0 fully saturated rings. The van der Waals surface area contributed by atoms with E-state index in [0.717, 1.165) is 0 Å². The molecule has 0 aliphatic rings. The van der Waals surface area contributed by atoms with Gasteiger partial charge in [0.1, 0.15) is 5.75 Å². The maximum absolute atomic E-state index is 12.1. The maximum atomic E-state index is 12.1. The van der Waals surface area contributed by atoms with Crippen LogP contribution in [0.4, 0.5) is 0 Å². The van der Waals surface area contributed by atoms with Crippen molar-refractivity contribution in [1.29, 1.82) is 0 Å². The Hall–Kier alpha value is -0.970. The maximum Gasteiger partial charge on any atom is 0.262 e. The van der Waals surface area contributed by atoms with Gasteiger partial charge in [-0.15, -0.1) is 0 Å². The molecule has 1 rings (SSSR count). The number of nitrogens with two attached hydrogens (primary N) is 1. The minimum absolute atomic E-state index is 0.0952. The highest BCUT2D eigenvalue weighted by Crippen LogP contribution is 2.28. The van der Waals surface area contributed by atoms with Crippen LogP contribution in [0, 0.1) is 5.92 Å². The average Bonchev–Trinajstić information content (AvgIpc) is 2.31. The molecule has 1 aromatic carbocycles. The van der Waals surface area contributed by atoms with Gasteiger partial charge in [0.05, 0.1) is 10.7 Å². The third-order valence-electron chi connectivity index (χ3n) is 3.16. The Balaban J connectivity index is 2.71. The molecule has 6 heteroatoms. The summed E-state index contributed by atoms with van der Waals surface area (Å²) in [5.74, 6) is 0.203. The van der Waals surface area contributed by atoms with Gasteiger partial charge in [-0.3, -0.25) is 4.79 Å². The first-order chi connectivity index (χ1) is 9.13. The molecule has 2 unspecified atom stereocenters. The van der Waals surface area contributed by atoms with E-state index in [1.54, 1.807) is 32.0 Å². The zero-order chi connectivity index (χ0) is 15.5. The van der Waals surface area contributed by atoms with Crippen LogP contribution in [0.3, 0.4) is 0 Å². The lowest BCUT2D eigenvalue weighted by Gasteiger charge is -2.31. The number of carbonyl (C=O) groups is 1. The van der Waals surface area contributed by atoms with Crippen molar-refractivity contribution in [2.75, 3.05) is 0 Å². The normalized spacial score (nSPS) is 15.6. The van der Waals surface area contributed by atoms with Crippen molar-refractivity contribution in [2.45, 2.75) is 39.5 Å². The van der Waals surface area contributed by atoms with Gasteiger partial charge >= 0.3 is 0 Å². The summed E-state index contributed by atoms with van der Waals surface area (Å²) in [5.41, 5.74) is 5.22. The Morgan fingerprint density at radius 2 is 1.95 bits per heavy atom. The standard InChI is InChI=1S/C14H20Cl2N2O2/c1-8(2)14(4,17)18-13(19)9(3)20-12-6-5-10(15)7-11(12)16/h5-9H,17H2,1-4H3,(H,18,19). The first-order valence-electron chi connectivity index (χ1n) is 6.36. The van der Waals surface area contributed by atoms with E-state index in [1.165, 1.54) is 0 Å².